The summed E-state index contributed by atoms with van der Waals surface area (Å²) in [5.74, 6) is 0.613. The molecule has 4 rings (SSSR count). The van der Waals surface area contributed by atoms with Crippen molar-refractivity contribution in [3.05, 3.63) is 11.6 Å². The van der Waals surface area contributed by atoms with E-state index in [4.69, 9.17) is 4.74 Å². The number of fused-ring (bicyclic) bond motifs is 5. The van der Waals surface area contributed by atoms with E-state index >= 15 is 0 Å². The molecule has 0 heterocycles. The third-order valence-corrected chi connectivity index (χ3v) is 9.95. The van der Waals surface area contributed by atoms with Crippen LogP contribution in [0.15, 0.2) is 11.6 Å². The van der Waals surface area contributed by atoms with Crippen LogP contribution in [0.2, 0.25) is 0 Å². The first-order chi connectivity index (χ1) is 15.1. The fourth-order valence-electron chi connectivity index (χ4n) is 8.18. The van der Waals surface area contributed by atoms with Gasteiger partial charge in [0, 0.05) is 30.6 Å². The summed E-state index contributed by atoms with van der Waals surface area (Å²) in [7, 11) is 0. The van der Waals surface area contributed by atoms with Crippen molar-refractivity contribution in [2.75, 3.05) is 6.61 Å². The molecular weight excluding hydrogens is 404 g/mol. The molecule has 7 atom stereocenters. The number of rotatable bonds is 6. The summed E-state index contributed by atoms with van der Waals surface area (Å²) in [6, 6.07) is 0. The molecule has 2 unspecified atom stereocenters. The van der Waals surface area contributed by atoms with Crippen LogP contribution in [0.4, 0.5) is 0 Å². The Bertz CT molecular complexity index is 830. The van der Waals surface area contributed by atoms with Gasteiger partial charge in [0.2, 0.25) is 5.78 Å². The summed E-state index contributed by atoms with van der Waals surface area (Å²) in [5, 5.41) is 9.94. The number of carbonyl (C=O) groups excluding carboxylic acids is 3. The summed E-state index contributed by atoms with van der Waals surface area (Å²) in [6.45, 7) is 7.92. The number of aliphatic hydroxyl groups excluding tert-OH is 1. The van der Waals surface area contributed by atoms with Gasteiger partial charge in [0.1, 0.15) is 12.4 Å². The topological polar surface area (TPSA) is 80.7 Å². The Labute approximate surface area is 192 Å². The van der Waals surface area contributed by atoms with Gasteiger partial charge in [0.25, 0.3) is 0 Å². The predicted octanol–water partition coefficient (Wildman–Crippen LogP) is 4.80. The molecule has 3 fully saturated rings. The summed E-state index contributed by atoms with van der Waals surface area (Å²) in [4.78, 5) is 38.3. The van der Waals surface area contributed by atoms with Crippen LogP contribution in [0.3, 0.4) is 0 Å². The Morgan fingerprint density at radius 2 is 2.00 bits per heavy atom. The molecule has 3 saturated carbocycles. The number of ketones is 2. The van der Waals surface area contributed by atoms with Gasteiger partial charge in [-0.05, 0) is 61.7 Å². The summed E-state index contributed by atoms with van der Waals surface area (Å²) >= 11 is 0. The molecule has 0 aromatic carbocycles. The molecule has 0 amide bonds. The molecule has 0 aromatic heterocycles. The lowest BCUT2D eigenvalue weighted by molar-refractivity contribution is -0.191. The van der Waals surface area contributed by atoms with Gasteiger partial charge in [-0.15, -0.1) is 0 Å². The van der Waals surface area contributed by atoms with Gasteiger partial charge in [0.15, 0.2) is 5.60 Å². The SMILES string of the molecule is CCCCC(=O)O[C@]1(C(=O)CO)C(C)C[C@H]2[C@@H]3CCC4CC(=O)CC[C@]4(C)C3=CC[C@@]21C. The van der Waals surface area contributed by atoms with E-state index in [0.29, 0.717) is 43.3 Å². The average Bonchev–Trinajstić information content (AvgIpc) is 2.99. The van der Waals surface area contributed by atoms with Gasteiger partial charge in [-0.25, -0.2) is 0 Å². The fourth-order valence-corrected chi connectivity index (χ4v) is 8.18. The third kappa shape index (κ3) is 3.25. The first-order valence-corrected chi connectivity index (χ1v) is 12.7. The Morgan fingerprint density at radius 3 is 2.69 bits per heavy atom. The number of ether oxygens (including phenoxy) is 1. The lowest BCUT2D eigenvalue weighted by Gasteiger charge is -2.57. The molecule has 5 nitrogen and oxygen atoms in total. The van der Waals surface area contributed by atoms with E-state index in [1.807, 2.05) is 13.8 Å². The molecule has 0 saturated heterocycles. The summed E-state index contributed by atoms with van der Waals surface area (Å²) < 4.78 is 6.14. The molecule has 0 bridgehead atoms. The highest BCUT2D eigenvalue weighted by Crippen LogP contribution is 2.68. The zero-order valence-electron chi connectivity index (χ0n) is 20.2. The maximum absolute atomic E-state index is 13.3. The molecule has 178 valence electrons. The molecule has 0 spiro atoms. The Hall–Kier alpha value is -1.49. The lowest BCUT2D eigenvalue weighted by atomic mass is 9.48. The molecule has 4 aliphatic carbocycles. The van der Waals surface area contributed by atoms with E-state index in [2.05, 4.69) is 19.9 Å². The smallest absolute Gasteiger partial charge is 0.306 e. The molecule has 1 N–H and O–H groups in total. The maximum atomic E-state index is 13.3. The molecule has 32 heavy (non-hydrogen) atoms. The van der Waals surface area contributed by atoms with Gasteiger partial charge in [-0.1, -0.05) is 45.8 Å². The number of hydrogen-bond donors (Lipinski definition) is 1. The summed E-state index contributed by atoms with van der Waals surface area (Å²) in [6.07, 6.45) is 10.1. The second-order valence-electron chi connectivity index (χ2n) is 11.5. The molecule has 0 radical (unpaired) electrons. The van der Waals surface area contributed by atoms with Crippen LogP contribution in [0, 0.1) is 34.5 Å². The monoisotopic (exact) mass is 444 g/mol. The third-order valence-electron chi connectivity index (χ3n) is 9.95. The maximum Gasteiger partial charge on any atom is 0.306 e. The minimum Gasteiger partial charge on any atom is -0.450 e. The lowest BCUT2D eigenvalue weighted by Crippen LogP contribution is -2.60. The molecular formula is C27H40O5. The van der Waals surface area contributed by atoms with Crippen molar-refractivity contribution in [3.8, 4) is 0 Å². The highest BCUT2D eigenvalue weighted by molar-refractivity contribution is 5.92. The normalized spacial score (nSPS) is 43.0. The van der Waals surface area contributed by atoms with Gasteiger partial charge in [0.05, 0.1) is 0 Å². The zero-order valence-corrected chi connectivity index (χ0v) is 20.2. The summed E-state index contributed by atoms with van der Waals surface area (Å²) in [5.41, 5.74) is -0.235. The quantitative estimate of drug-likeness (QED) is 0.470. The first kappa shape index (κ1) is 23.7. The van der Waals surface area contributed by atoms with Crippen LogP contribution in [0.25, 0.3) is 0 Å². The van der Waals surface area contributed by atoms with Crippen LogP contribution in [-0.2, 0) is 19.1 Å². The van der Waals surface area contributed by atoms with Crippen molar-refractivity contribution in [2.24, 2.45) is 34.5 Å². The average molecular weight is 445 g/mol. The molecule has 4 aliphatic rings. The van der Waals surface area contributed by atoms with Crippen LogP contribution in [0.1, 0.15) is 91.9 Å². The largest absolute Gasteiger partial charge is 0.450 e. The van der Waals surface area contributed by atoms with Crippen molar-refractivity contribution in [3.63, 3.8) is 0 Å². The second kappa shape index (κ2) is 8.38. The second-order valence-corrected chi connectivity index (χ2v) is 11.5. The number of carbonyl (C=O) groups is 3. The van der Waals surface area contributed by atoms with Gasteiger partial charge in [-0.2, -0.15) is 0 Å². The van der Waals surface area contributed by atoms with E-state index in [1.54, 1.807) is 0 Å². The van der Waals surface area contributed by atoms with E-state index in [0.717, 1.165) is 38.5 Å². The Morgan fingerprint density at radius 1 is 1.25 bits per heavy atom. The number of Topliss-reactive ketones (excluding diaryl/α,β-unsaturated/α-hetero) is 2. The number of hydrogen-bond acceptors (Lipinski definition) is 5. The highest BCUT2D eigenvalue weighted by atomic mass is 16.6. The highest BCUT2D eigenvalue weighted by Gasteiger charge is 2.70. The predicted molar refractivity (Wildman–Crippen MR) is 122 cm³/mol. The number of allylic oxidation sites excluding steroid dienone is 2. The fraction of sp³-hybridized carbons (Fsp3) is 0.815. The van der Waals surface area contributed by atoms with E-state index in [1.165, 1.54) is 5.57 Å². The minimum absolute atomic E-state index is 0.0609. The molecule has 5 heteroatoms. The van der Waals surface area contributed by atoms with Gasteiger partial charge >= 0.3 is 5.97 Å². The van der Waals surface area contributed by atoms with Crippen molar-refractivity contribution in [1.82, 2.24) is 0 Å². The zero-order chi connectivity index (χ0) is 23.3. The standard InChI is InChI=1S/C27H40O5/c1-5-6-7-24(31)32-27(23(30)16-28)17(2)14-22-20-9-8-18-15-19(29)10-12-25(18,3)21(20)11-13-26(22,27)4/h11,17-18,20,22,28H,5-10,12-16H2,1-4H3/t17?,18?,20-,22+,25+,26+,27+/m1/s1. The van der Waals surface area contributed by atoms with Crippen molar-refractivity contribution in [1.29, 1.82) is 0 Å². The van der Waals surface area contributed by atoms with E-state index < -0.39 is 17.6 Å². The van der Waals surface area contributed by atoms with E-state index in [9.17, 15) is 19.5 Å². The van der Waals surface area contributed by atoms with E-state index in [-0.39, 0.29) is 29.0 Å². The number of aliphatic hydroxyl groups is 1. The van der Waals surface area contributed by atoms with Gasteiger partial charge in [-0.3, -0.25) is 14.4 Å². The van der Waals surface area contributed by atoms with Crippen LogP contribution in [0.5, 0.6) is 0 Å². The van der Waals surface area contributed by atoms with Crippen LogP contribution in [-0.4, -0.2) is 34.9 Å². The Kier molecular flexibility index (Phi) is 6.19. The number of esters is 1. The van der Waals surface area contributed by atoms with Crippen molar-refractivity contribution >= 4 is 17.5 Å². The van der Waals surface area contributed by atoms with Gasteiger partial charge < -0.3 is 9.84 Å². The first-order valence-electron chi connectivity index (χ1n) is 12.7. The Balaban J connectivity index is 1.72. The van der Waals surface area contributed by atoms with Crippen LogP contribution < -0.4 is 0 Å². The van der Waals surface area contributed by atoms with Crippen molar-refractivity contribution < 1.29 is 24.2 Å². The number of unbranched alkanes of at least 4 members (excludes halogenated alkanes) is 1. The molecule has 0 aromatic rings. The van der Waals surface area contributed by atoms with Crippen molar-refractivity contribution in [2.45, 2.75) is 97.5 Å². The van der Waals surface area contributed by atoms with Crippen LogP contribution >= 0.6 is 0 Å². The minimum atomic E-state index is -1.26. The molecule has 0 aliphatic heterocycles.